The Morgan fingerprint density at radius 2 is 1.96 bits per heavy atom. The third-order valence-electron chi connectivity index (χ3n) is 3.14. The molecule has 0 spiro atoms. The molecule has 24 heavy (non-hydrogen) atoms. The molecule has 1 atom stereocenters. The summed E-state index contributed by atoms with van der Waals surface area (Å²) in [5.41, 5.74) is 0.229. The van der Waals surface area contributed by atoms with Gasteiger partial charge in [0.1, 0.15) is 5.76 Å². The number of non-ortho nitro benzene ring substituents is 1. The van der Waals surface area contributed by atoms with Gasteiger partial charge in [-0.05, 0) is 24.3 Å². The molecule has 2 aromatic rings. The molecule has 1 amide bonds. The van der Waals surface area contributed by atoms with Gasteiger partial charge < -0.3 is 14.8 Å². The van der Waals surface area contributed by atoms with Crippen molar-refractivity contribution >= 4 is 23.3 Å². The molecule has 126 valence electrons. The van der Waals surface area contributed by atoms with Crippen LogP contribution in [0.2, 0.25) is 0 Å². The molecule has 1 unspecified atom stereocenters. The first-order valence-corrected chi connectivity index (χ1v) is 6.98. The molecule has 1 aromatic carbocycles. The molecule has 0 saturated heterocycles. The molecule has 0 fully saturated rings. The van der Waals surface area contributed by atoms with Gasteiger partial charge in [-0.15, -0.1) is 0 Å². The monoisotopic (exact) mass is 333 g/mol. The zero-order valence-electron chi connectivity index (χ0n) is 12.5. The minimum absolute atomic E-state index is 0.106. The van der Waals surface area contributed by atoms with Crippen LogP contribution < -0.4 is 10.6 Å². The lowest BCUT2D eigenvalue weighted by Crippen LogP contribution is -2.41. The van der Waals surface area contributed by atoms with E-state index >= 15 is 0 Å². The molecule has 1 heterocycles. The number of amides is 1. The second kappa shape index (κ2) is 7.88. The van der Waals surface area contributed by atoms with E-state index < -0.39 is 29.3 Å². The highest BCUT2D eigenvalue weighted by Gasteiger charge is 2.22. The Bertz CT molecular complexity index is 711. The molecule has 9 heteroatoms. The van der Waals surface area contributed by atoms with Crippen molar-refractivity contribution in [2.75, 3.05) is 5.32 Å². The average molecular weight is 333 g/mol. The Balaban J connectivity index is 2.00. The van der Waals surface area contributed by atoms with E-state index in [1.54, 1.807) is 12.1 Å². The molecule has 0 aliphatic heterocycles. The van der Waals surface area contributed by atoms with Gasteiger partial charge in [-0.25, -0.2) is 0 Å². The Hall–Kier alpha value is -3.20. The van der Waals surface area contributed by atoms with E-state index in [0.29, 0.717) is 11.4 Å². The van der Waals surface area contributed by atoms with E-state index in [1.165, 1.54) is 30.5 Å². The summed E-state index contributed by atoms with van der Waals surface area (Å²) in [5, 5.41) is 24.9. The summed E-state index contributed by atoms with van der Waals surface area (Å²) in [6.07, 6.45) is 1.06. The number of nitro groups is 1. The zero-order valence-corrected chi connectivity index (χ0v) is 12.5. The summed E-state index contributed by atoms with van der Waals surface area (Å²) in [7, 11) is 0. The number of nitro benzene ring substituents is 1. The molecule has 0 saturated carbocycles. The van der Waals surface area contributed by atoms with Gasteiger partial charge in [0, 0.05) is 17.8 Å². The smallest absolute Gasteiger partial charge is 0.305 e. The second-order valence-corrected chi connectivity index (χ2v) is 4.90. The van der Waals surface area contributed by atoms with E-state index in [1.807, 2.05) is 0 Å². The van der Waals surface area contributed by atoms with Crippen LogP contribution in [0.15, 0.2) is 47.1 Å². The third kappa shape index (κ3) is 4.92. The maximum Gasteiger partial charge on any atom is 0.305 e. The highest BCUT2D eigenvalue weighted by atomic mass is 16.6. The van der Waals surface area contributed by atoms with Crippen molar-refractivity contribution < 1.29 is 24.0 Å². The minimum Gasteiger partial charge on any atom is -0.481 e. The van der Waals surface area contributed by atoms with Gasteiger partial charge in [-0.1, -0.05) is 0 Å². The summed E-state index contributed by atoms with van der Waals surface area (Å²) in [4.78, 5) is 33.2. The summed E-state index contributed by atoms with van der Waals surface area (Å²) in [6, 6.07) is 7.64. The zero-order chi connectivity index (χ0) is 17.5. The highest BCUT2D eigenvalue weighted by molar-refractivity contribution is 5.96. The molecule has 3 N–H and O–H groups in total. The fraction of sp³-hybridized carbons (Fsp3) is 0.200. The van der Waals surface area contributed by atoms with Crippen LogP contribution in [-0.2, 0) is 16.1 Å². The van der Waals surface area contributed by atoms with Crippen molar-refractivity contribution in [3.05, 3.63) is 58.5 Å². The number of carbonyl (C=O) groups excluding carboxylic acids is 1. The number of carboxylic acids is 1. The predicted octanol–water partition coefficient (Wildman–Crippen LogP) is 1.76. The predicted molar refractivity (Wildman–Crippen MR) is 83.3 cm³/mol. The van der Waals surface area contributed by atoms with Gasteiger partial charge in [-0.3, -0.25) is 25.0 Å². The van der Waals surface area contributed by atoms with E-state index in [-0.39, 0.29) is 12.2 Å². The number of nitrogens with one attached hydrogen (secondary N) is 2. The van der Waals surface area contributed by atoms with Gasteiger partial charge >= 0.3 is 5.97 Å². The lowest BCUT2D eigenvalue weighted by molar-refractivity contribution is -0.384. The second-order valence-electron chi connectivity index (χ2n) is 4.90. The molecular formula is C15H15N3O6. The van der Waals surface area contributed by atoms with E-state index in [4.69, 9.17) is 9.52 Å². The van der Waals surface area contributed by atoms with Crippen LogP contribution in [0.3, 0.4) is 0 Å². The molecule has 0 bridgehead atoms. The molecule has 2 rings (SSSR count). The van der Waals surface area contributed by atoms with Crippen molar-refractivity contribution in [3.8, 4) is 0 Å². The van der Waals surface area contributed by atoms with Crippen LogP contribution in [0.25, 0.3) is 0 Å². The number of hydrogen-bond donors (Lipinski definition) is 3. The Morgan fingerprint density at radius 1 is 1.25 bits per heavy atom. The molecule has 9 nitrogen and oxygen atoms in total. The lowest BCUT2D eigenvalue weighted by Gasteiger charge is -2.16. The number of anilines is 1. The van der Waals surface area contributed by atoms with Crippen molar-refractivity contribution in [3.63, 3.8) is 0 Å². The maximum absolute atomic E-state index is 12.2. The van der Waals surface area contributed by atoms with E-state index in [9.17, 15) is 19.7 Å². The Kier molecular flexibility index (Phi) is 5.63. The summed E-state index contributed by atoms with van der Waals surface area (Å²) < 4.78 is 5.12. The SMILES string of the molecule is O=C(O)CC(NCc1ccco1)C(=O)Nc1ccc([N+](=O)[O-])cc1. The fourth-order valence-corrected chi connectivity index (χ4v) is 1.96. The van der Waals surface area contributed by atoms with Gasteiger partial charge in [0.05, 0.1) is 30.2 Å². The average Bonchev–Trinajstić information content (AvgIpc) is 3.05. The minimum atomic E-state index is -1.13. The Morgan fingerprint density at radius 3 is 2.50 bits per heavy atom. The lowest BCUT2D eigenvalue weighted by atomic mass is 10.1. The number of furan rings is 1. The summed E-state index contributed by atoms with van der Waals surface area (Å²) in [6.45, 7) is 0.193. The van der Waals surface area contributed by atoms with Crippen LogP contribution in [0.5, 0.6) is 0 Å². The molecule has 0 radical (unpaired) electrons. The number of aliphatic carboxylic acids is 1. The largest absolute Gasteiger partial charge is 0.481 e. The van der Waals surface area contributed by atoms with Crippen LogP contribution in [0.4, 0.5) is 11.4 Å². The maximum atomic E-state index is 12.2. The van der Waals surface area contributed by atoms with Gasteiger partial charge in [0.2, 0.25) is 5.91 Å². The van der Waals surface area contributed by atoms with Gasteiger partial charge in [0.25, 0.3) is 5.69 Å². The first-order valence-electron chi connectivity index (χ1n) is 6.98. The van der Waals surface area contributed by atoms with Crippen molar-refractivity contribution in [2.24, 2.45) is 0 Å². The van der Waals surface area contributed by atoms with Gasteiger partial charge in [0.15, 0.2) is 0 Å². The first-order chi connectivity index (χ1) is 11.5. The summed E-state index contributed by atoms with van der Waals surface area (Å²) in [5.74, 6) is -1.13. The summed E-state index contributed by atoms with van der Waals surface area (Å²) >= 11 is 0. The highest BCUT2D eigenvalue weighted by Crippen LogP contribution is 2.16. The molecule has 1 aromatic heterocycles. The molecule has 0 aliphatic carbocycles. The number of hydrogen-bond acceptors (Lipinski definition) is 6. The normalized spacial score (nSPS) is 11.7. The molecular weight excluding hydrogens is 318 g/mol. The van der Waals surface area contributed by atoms with E-state index in [0.717, 1.165) is 0 Å². The van der Waals surface area contributed by atoms with Crippen LogP contribution in [-0.4, -0.2) is 27.9 Å². The van der Waals surface area contributed by atoms with Crippen LogP contribution in [0.1, 0.15) is 12.2 Å². The standard InChI is InChI=1S/C15H15N3O6/c19-14(20)8-13(16-9-12-2-1-7-24-12)15(21)17-10-3-5-11(6-4-10)18(22)23/h1-7,13,16H,8-9H2,(H,17,21)(H,19,20). The number of carboxylic acid groups (broad SMARTS) is 1. The number of benzene rings is 1. The Labute approximate surface area is 136 Å². The van der Waals surface area contributed by atoms with Crippen molar-refractivity contribution in [1.29, 1.82) is 0 Å². The third-order valence-corrected chi connectivity index (χ3v) is 3.14. The van der Waals surface area contributed by atoms with Gasteiger partial charge in [-0.2, -0.15) is 0 Å². The first kappa shape index (κ1) is 17.2. The van der Waals surface area contributed by atoms with Crippen LogP contribution >= 0.6 is 0 Å². The fourth-order valence-electron chi connectivity index (χ4n) is 1.96. The quantitative estimate of drug-likeness (QED) is 0.495. The van der Waals surface area contributed by atoms with Crippen molar-refractivity contribution in [1.82, 2.24) is 5.32 Å². The number of rotatable bonds is 8. The van der Waals surface area contributed by atoms with Crippen molar-refractivity contribution in [2.45, 2.75) is 19.0 Å². The number of nitrogens with zero attached hydrogens (tertiary/aromatic N) is 1. The van der Waals surface area contributed by atoms with E-state index in [2.05, 4.69) is 10.6 Å². The topological polar surface area (TPSA) is 135 Å². The molecule has 0 aliphatic rings. The number of carbonyl (C=O) groups is 2. The van der Waals surface area contributed by atoms with Crippen LogP contribution in [0, 0.1) is 10.1 Å².